The van der Waals surface area contributed by atoms with Crippen LogP contribution in [0.4, 0.5) is 0 Å². The first-order valence-electron chi connectivity index (χ1n) is 9.18. The Morgan fingerprint density at radius 1 is 1.27 bits per heavy atom. The van der Waals surface area contributed by atoms with Gasteiger partial charge in [0.25, 0.3) is 5.91 Å². The fraction of sp³-hybridized carbons (Fsp3) is 0.286. The van der Waals surface area contributed by atoms with Crippen LogP contribution in [-0.2, 0) is 9.53 Å². The summed E-state index contributed by atoms with van der Waals surface area (Å²) in [5.74, 6) is -0.936. The predicted molar refractivity (Wildman–Crippen MR) is 116 cm³/mol. The third-order valence-corrected chi connectivity index (χ3v) is 6.75. The number of hydrogen-bond acceptors (Lipinski definition) is 8. The highest BCUT2D eigenvalue weighted by Gasteiger charge is 2.19. The van der Waals surface area contributed by atoms with Gasteiger partial charge in [-0.3, -0.25) is 4.79 Å². The number of ether oxygens (including phenoxy) is 1. The minimum absolute atomic E-state index is 0.227. The average Bonchev–Trinajstić information content (AvgIpc) is 3.04. The summed E-state index contributed by atoms with van der Waals surface area (Å²) in [6, 6.07) is 9.05. The molecule has 30 heavy (non-hydrogen) atoms. The number of rotatable bonds is 7. The monoisotopic (exact) mass is 440 g/mol. The molecule has 3 aromatic rings. The summed E-state index contributed by atoms with van der Waals surface area (Å²) in [6.45, 7) is 4.01. The van der Waals surface area contributed by atoms with Crippen LogP contribution in [0.15, 0.2) is 40.5 Å². The molecular formula is C21H20N4O3S2. The topological polar surface area (TPSA) is 96.2 Å². The van der Waals surface area contributed by atoms with Crippen molar-refractivity contribution in [3.63, 3.8) is 0 Å². The Morgan fingerprint density at radius 3 is 2.80 bits per heavy atom. The summed E-state index contributed by atoms with van der Waals surface area (Å²) < 4.78 is 5.23. The van der Waals surface area contributed by atoms with Crippen LogP contribution in [0.5, 0.6) is 0 Å². The van der Waals surface area contributed by atoms with E-state index in [-0.39, 0.29) is 18.9 Å². The Morgan fingerprint density at radius 2 is 2.03 bits per heavy atom. The van der Waals surface area contributed by atoms with Gasteiger partial charge in [0.1, 0.15) is 16.2 Å². The SMILES string of the molecule is Cc1sc2ncnc(Sc3ccccc3C(=O)OCC(=O)N(C)CCC#N)c2c1C. The molecule has 2 aromatic heterocycles. The van der Waals surface area contributed by atoms with Crippen molar-refractivity contribution in [3.05, 3.63) is 46.6 Å². The van der Waals surface area contributed by atoms with E-state index >= 15 is 0 Å². The lowest BCUT2D eigenvalue weighted by molar-refractivity contribution is -0.133. The summed E-state index contributed by atoms with van der Waals surface area (Å²) in [7, 11) is 1.57. The van der Waals surface area contributed by atoms with Crippen molar-refractivity contribution < 1.29 is 14.3 Å². The summed E-state index contributed by atoms with van der Waals surface area (Å²) >= 11 is 2.99. The molecule has 0 fully saturated rings. The average molecular weight is 441 g/mol. The Hall–Kier alpha value is -2.96. The number of carbonyl (C=O) groups is 2. The van der Waals surface area contributed by atoms with Crippen molar-refractivity contribution >= 4 is 45.2 Å². The number of benzene rings is 1. The molecule has 0 aliphatic rings. The van der Waals surface area contributed by atoms with Crippen LogP contribution < -0.4 is 0 Å². The predicted octanol–water partition coefficient (Wildman–Crippen LogP) is 3.99. The standard InChI is InChI=1S/C21H20N4O3S2/c1-13-14(2)29-19-18(13)20(24-12-23-19)30-16-8-5-4-7-15(16)21(27)28-11-17(26)25(3)10-6-9-22/h4-5,7-8,12H,6,10-11H2,1-3H3. The van der Waals surface area contributed by atoms with E-state index in [2.05, 4.69) is 9.97 Å². The van der Waals surface area contributed by atoms with Gasteiger partial charge in [-0.25, -0.2) is 14.8 Å². The highest BCUT2D eigenvalue weighted by molar-refractivity contribution is 7.99. The first-order chi connectivity index (χ1) is 14.4. The second-order valence-corrected chi connectivity index (χ2v) is 8.77. The number of nitrogens with zero attached hydrogens (tertiary/aromatic N) is 4. The third kappa shape index (κ3) is 4.78. The highest BCUT2D eigenvalue weighted by Crippen LogP contribution is 2.38. The molecule has 1 aromatic carbocycles. The number of thiophene rings is 1. The molecular weight excluding hydrogens is 420 g/mol. The van der Waals surface area contributed by atoms with Gasteiger partial charge in [-0.1, -0.05) is 23.9 Å². The Balaban J connectivity index is 1.78. The smallest absolute Gasteiger partial charge is 0.339 e. The summed E-state index contributed by atoms with van der Waals surface area (Å²) in [5, 5.41) is 10.4. The van der Waals surface area contributed by atoms with Gasteiger partial charge >= 0.3 is 5.97 Å². The van der Waals surface area contributed by atoms with Gasteiger partial charge in [0.2, 0.25) is 0 Å². The van der Waals surface area contributed by atoms with Gasteiger partial charge in [0.05, 0.1) is 18.1 Å². The number of aryl methyl sites for hydroxylation is 2. The fourth-order valence-corrected chi connectivity index (χ4v) is 4.84. The lowest BCUT2D eigenvalue weighted by atomic mass is 10.2. The van der Waals surface area contributed by atoms with Gasteiger partial charge in [-0.15, -0.1) is 11.3 Å². The minimum Gasteiger partial charge on any atom is -0.452 e. The molecule has 3 rings (SSSR count). The molecule has 0 bridgehead atoms. The molecule has 0 atom stereocenters. The Labute approximate surface area is 182 Å². The molecule has 2 heterocycles. The second-order valence-electron chi connectivity index (χ2n) is 6.54. The van der Waals surface area contributed by atoms with Crippen molar-refractivity contribution in [3.8, 4) is 6.07 Å². The number of aromatic nitrogens is 2. The maximum Gasteiger partial charge on any atom is 0.339 e. The van der Waals surface area contributed by atoms with E-state index in [1.54, 1.807) is 30.5 Å². The van der Waals surface area contributed by atoms with E-state index in [4.69, 9.17) is 10.00 Å². The molecule has 0 unspecified atom stereocenters. The quantitative estimate of drug-likeness (QED) is 0.405. The molecule has 0 saturated carbocycles. The normalized spacial score (nSPS) is 10.6. The van der Waals surface area contributed by atoms with Crippen molar-refractivity contribution in [1.82, 2.24) is 14.9 Å². The first-order valence-corrected chi connectivity index (χ1v) is 10.8. The molecule has 9 heteroatoms. The zero-order valence-electron chi connectivity index (χ0n) is 16.8. The highest BCUT2D eigenvalue weighted by atomic mass is 32.2. The number of nitriles is 1. The lowest BCUT2D eigenvalue weighted by Crippen LogP contribution is -2.32. The van der Waals surface area contributed by atoms with Crippen LogP contribution in [-0.4, -0.2) is 46.9 Å². The number of fused-ring (bicyclic) bond motifs is 1. The van der Waals surface area contributed by atoms with Gasteiger partial charge in [-0.2, -0.15) is 5.26 Å². The summed E-state index contributed by atoms with van der Waals surface area (Å²) in [4.78, 5) is 37.6. The van der Waals surface area contributed by atoms with E-state index < -0.39 is 5.97 Å². The van der Waals surface area contributed by atoms with E-state index in [0.29, 0.717) is 17.0 Å². The molecule has 7 nitrogen and oxygen atoms in total. The molecule has 0 aliphatic carbocycles. The number of esters is 1. The Kier molecular flexibility index (Phi) is 7.03. The minimum atomic E-state index is -0.580. The van der Waals surface area contributed by atoms with E-state index in [1.807, 2.05) is 32.0 Å². The number of hydrogen-bond donors (Lipinski definition) is 0. The zero-order chi connectivity index (χ0) is 21.7. The van der Waals surface area contributed by atoms with Crippen LogP contribution in [0.25, 0.3) is 10.2 Å². The molecule has 0 radical (unpaired) electrons. The van der Waals surface area contributed by atoms with Crippen LogP contribution in [0, 0.1) is 25.2 Å². The molecule has 0 N–H and O–H groups in total. The maximum absolute atomic E-state index is 12.6. The van der Waals surface area contributed by atoms with Gasteiger partial charge in [-0.05, 0) is 31.5 Å². The Bertz CT molecular complexity index is 1140. The number of amides is 1. The number of carbonyl (C=O) groups excluding carboxylic acids is 2. The molecule has 1 amide bonds. The summed E-state index contributed by atoms with van der Waals surface area (Å²) in [5.41, 5.74) is 1.50. The van der Waals surface area contributed by atoms with Crippen molar-refractivity contribution in [2.75, 3.05) is 20.2 Å². The zero-order valence-corrected chi connectivity index (χ0v) is 18.5. The second kappa shape index (κ2) is 9.69. The first kappa shape index (κ1) is 21.7. The molecule has 0 spiro atoms. The van der Waals surface area contributed by atoms with Crippen molar-refractivity contribution in [1.29, 1.82) is 5.26 Å². The summed E-state index contributed by atoms with van der Waals surface area (Å²) in [6.07, 6.45) is 1.75. The van der Waals surface area contributed by atoms with Crippen molar-refractivity contribution in [2.24, 2.45) is 0 Å². The largest absolute Gasteiger partial charge is 0.452 e. The fourth-order valence-electron chi connectivity index (χ4n) is 2.71. The van der Waals surface area contributed by atoms with Crippen LogP contribution in [0.2, 0.25) is 0 Å². The van der Waals surface area contributed by atoms with Gasteiger partial charge in [0.15, 0.2) is 6.61 Å². The van der Waals surface area contributed by atoms with E-state index in [1.165, 1.54) is 27.9 Å². The van der Waals surface area contributed by atoms with Gasteiger partial charge < -0.3 is 9.64 Å². The maximum atomic E-state index is 12.6. The van der Waals surface area contributed by atoms with Crippen LogP contribution in [0.3, 0.4) is 0 Å². The molecule has 154 valence electrons. The third-order valence-electron chi connectivity index (χ3n) is 4.56. The lowest BCUT2D eigenvalue weighted by Gasteiger charge is -2.15. The molecule has 0 saturated heterocycles. The van der Waals surface area contributed by atoms with Gasteiger partial charge in [0, 0.05) is 28.8 Å². The van der Waals surface area contributed by atoms with E-state index in [0.717, 1.165) is 20.8 Å². The van der Waals surface area contributed by atoms with Crippen molar-refractivity contribution in [2.45, 2.75) is 30.2 Å². The number of likely N-dealkylation sites (N-methyl/N-ethyl adjacent to an activating group) is 1. The molecule has 0 aliphatic heterocycles. The van der Waals surface area contributed by atoms with Crippen LogP contribution in [0.1, 0.15) is 27.2 Å². The van der Waals surface area contributed by atoms with E-state index in [9.17, 15) is 9.59 Å². The van der Waals surface area contributed by atoms with Crippen LogP contribution >= 0.6 is 23.1 Å².